The molecule has 2 saturated heterocycles. The third-order valence-electron chi connectivity index (χ3n) is 16.7. The van der Waals surface area contributed by atoms with Crippen molar-refractivity contribution >= 4 is 92.8 Å². The molecule has 0 saturated carbocycles. The Labute approximate surface area is 552 Å². The van der Waals surface area contributed by atoms with E-state index < -0.39 is 127 Å². The van der Waals surface area contributed by atoms with Gasteiger partial charge in [0.25, 0.3) is 0 Å². The number of rotatable bonds is 33. The molecular weight excluding hydrogens is 1240 g/mol. The van der Waals surface area contributed by atoms with Crippen molar-refractivity contribution in [1.82, 2.24) is 62.7 Å². The third-order valence-corrected chi connectivity index (χ3v) is 16.7. The molecule has 8 rings (SSSR count). The normalized spacial score (nSPS) is 16.5. The highest BCUT2D eigenvalue weighted by Crippen LogP contribution is 2.24. The molecule has 29 heteroatoms. The molecular formula is C67H83N15O14. The second kappa shape index (κ2) is 33.8. The Morgan fingerprint density at radius 2 is 1.08 bits per heavy atom. The lowest BCUT2D eigenvalue weighted by molar-refractivity contribution is -0.143. The number of guanidine groups is 1. The SMILES string of the molecule is CC(C)C[C@H](NC(=O)[C@@H](Cc1c[nH]c2ccccc12)NC(=O)[C@H](Cc1ccc(O)cc1)NC(=O)[C@H](CO)NC(=O)[C@@H](Cc1c[nH]c2ccccc12)NC(=O)[C@@H](Cc1ccccc1)NC(=O)[C@@H]1CCC(=O)N1)C(=O)N[C@@H](CCCN=C(N)N)C(=O)N1CCC[C@H]1C(=O)NCC(=O)O. The number of carbonyl (C=O) groups is 11. The fourth-order valence-electron chi connectivity index (χ4n) is 11.8. The second-order valence-electron chi connectivity index (χ2n) is 24.3. The smallest absolute Gasteiger partial charge is 0.322 e. The number of benzene rings is 4. The summed E-state index contributed by atoms with van der Waals surface area (Å²) in [6.07, 6.45) is 3.71. The molecule has 2 aliphatic rings. The van der Waals surface area contributed by atoms with Gasteiger partial charge in [-0.05, 0) is 91.0 Å². The number of amides is 10. The Morgan fingerprint density at radius 3 is 1.61 bits per heavy atom. The first-order valence-corrected chi connectivity index (χ1v) is 31.8. The number of nitrogens with two attached hydrogens (primary N) is 2. The van der Waals surface area contributed by atoms with Gasteiger partial charge in [-0.1, -0.05) is 92.7 Å². The van der Waals surface area contributed by atoms with Gasteiger partial charge in [0, 0.05) is 79.4 Å². The average molecular weight is 1320 g/mol. The number of aromatic amines is 2. The lowest BCUT2D eigenvalue weighted by atomic mass is 9.99. The van der Waals surface area contributed by atoms with Crippen LogP contribution in [0.15, 0.2) is 121 Å². The molecule has 2 aromatic heterocycles. The number of para-hydroxylation sites is 2. The van der Waals surface area contributed by atoms with E-state index >= 15 is 9.59 Å². The average Bonchev–Trinajstić information content (AvgIpc) is 1.66. The molecule has 4 heterocycles. The van der Waals surface area contributed by atoms with Crippen molar-refractivity contribution < 1.29 is 68.1 Å². The van der Waals surface area contributed by atoms with E-state index in [1.165, 1.54) is 29.2 Å². The van der Waals surface area contributed by atoms with Crippen LogP contribution in [0.1, 0.15) is 81.0 Å². The number of carboxylic acid groups (broad SMARTS) is 1. The summed E-state index contributed by atoms with van der Waals surface area (Å²) in [5.41, 5.74) is 14.7. The van der Waals surface area contributed by atoms with Crippen molar-refractivity contribution in [3.8, 4) is 5.75 Å². The maximum Gasteiger partial charge on any atom is 0.322 e. The second-order valence-corrected chi connectivity index (χ2v) is 24.3. The molecule has 4 aromatic carbocycles. The number of nitrogens with zero attached hydrogens (tertiary/aromatic N) is 2. The van der Waals surface area contributed by atoms with Crippen LogP contribution in [-0.4, -0.2) is 182 Å². The summed E-state index contributed by atoms with van der Waals surface area (Å²) in [4.78, 5) is 165. The van der Waals surface area contributed by atoms with Gasteiger partial charge in [0.15, 0.2) is 5.96 Å². The van der Waals surface area contributed by atoms with Crippen molar-refractivity contribution in [1.29, 1.82) is 0 Å². The number of phenols is 1. The number of carboxylic acids is 1. The van der Waals surface area contributed by atoms with Gasteiger partial charge >= 0.3 is 5.97 Å². The zero-order valence-corrected chi connectivity index (χ0v) is 53.2. The van der Waals surface area contributed by atoms with Crippen LogP contribution in [0.25, 0.3) is 21.8 Å². The number of hydrogen-bond donors (Lipinski definition) is 16. The van der Waals surface area contributed by atoms with Crippen LogP contribution in [0.4, 0.5) is 0 Å². The topological polar surface area (TPSA) is 456 Å². The monoisotopic (exact) mass is 1320 g/mol. The number of aromatic hydroxyl groups is 1. The largest absolute Gasteiger partial charge is 0.508 e. The molecule has 2 aliphatic heterocycles. The van der Waals surface area contributed by atoms with Gasteiger partial charge in [-0.2, -0.15) is 0 Å². The Hall–Kier alpha value is -10.8. The molecule has 0 radical (unpaired) electrons. The molecule has 10 amide bonds. The predicted octanol–water partition coefficient (Wildman–Crippen LogP) is -0.419. The van der Waals surface area contributed by atoms with Crippen molar-refractivity contribution in [3.63, 3.8) is 0 Å². The number of aromatic nitrogens is 2. The van der Waals surface area contributed by atoms with Crippen molar-refractivity contribution in [3.05, 3.63) is 138 Å². The molecule has 0 bridgehead atoms. The van der Waals surface area contributed by atoms with E-state index in [9.17, 15) is 58.5 Å². The minimum absolute atomic E-state index is 0.0103. The van der Waals surface area contributed by atoms with E-state index in [1.54, 1.807) is 99.0 Å². The van der Waals surface area contributed by atoms with Crippen LogP contribution in [-0.2, 0) is 78.4 Å². The number of phenolic OH excluding ortho intramolecular Hbond substituents is 1. The highest BCUT2D eigenvalue weighted by molar-refractivity contribution is 6.00. The van der Waals surface area contributed by atoms with Crippen LogP contribution < -0.4 is 59.3 Å². The number of hydrogen-bond acceptors (Lipinski definition) is 14. The van der Waals surface area contributed by atoms with Gasteiger partial charge in [-0.3, -0.25) is 57.7 Å². The molecule has 9 atom stereocenters. The fraction of sp³-hybridized carbons (Fsp3) is 0.403. The molecule has 0 unspecified atom stereocenters. The molecule has 29 nitrogen and oxygen atoms in total. The maximum atomic E-state index is 15.1. The Balaban J connectivity index is 1.05. The summed E-state index contributed by atoms with van der Waals surface area (Å²) in [5, 5.41) is 55.8. The highest BCUT2D eigenvalue weighted by atomic mass is 16.4. The standard InChI is InChI=1S/C67H83N15O14/c1-37(2)28-49(59(89)75-48(18-10-26-70-67(68)69)66(96)82-27-11-19-55(82)65(95)73-35-57(86)87)76-62(92)52(31-40-33-71-45-16-8-6-14-43(40)45)79-61(91)51(30-39-20-22-42(84)23-21-39)78-64(94)54(36-83)81-63(93)53(32-41-34-72-46-17-9-7-15-44(41)46)80-60(90)50(29-38-12-4-3-5-13-38)77-58(88)47-24-25-56(85)74-47/h3-9,12-17,20-23,33-34,37,47-55,71-72,83-84H,10-11,18-19,24-32,35-36H2,1-2H3,(H,73,95)(H,74,85)(H,75,89)(H,76,92)(H,77,88)(H,78,94)(H,79,91)(H,80,90)(H,81,93)(H,86,87)(H4,68,69,70)/t47-,48-,49-,50+,51-,52+,53+,54-,55-/m0/s1. The van der Waals surface area contributed by atoms with E-state index in [4.69, 9.17) is 11.5 Å². The van der Waals surface area contributed by atoms with Gasteiger partial charge in [0.05, 0.1) is 6.61 Å². The van der Waals surface area contributed by atoms with Crippen molar-refractivity contribution in [2.24, 2.45) is 22.4 Å². The molecule has 96 heavy (non-hydrogen) atoms. The number of aliphatic hydroxyl groups is 1. The summed E-state index contributed by atoms with van der Waals surface area (Å²) in [5.74, 6) is -9.60. The third kappa shape index (κ3) is 19.9. The lowest BCUT2D eigenvalue weighted by Crippen LogP contribution is -2.61. The maximum absolute atomic E-state index is 15.1. The minimum Gasteiger partial charge on any atom is -0.508 e. The van der Waals surface area contributed by atoms with Crippen LogP contribution in [0, 0.1) is 5.92 Å². The van der Waals surface area contributed by atoms with E-state index in [0.717, 1.165) is 0 Å². The predicted molar refractivity (Wildman–Crippen MR) is 352 cm³/mol. The molecule has 0 aliphatic carbocycles. The number of fused-ring (bicyclic) bond motifs is 2. The number of aliphatic hydroxyl groups excluding tert-OH is 1. The van der Waals surface area contributed by atoms with Crippen molar-refractivity contribution in [2.75, 3.05) is 26.2 Å². The number of likely N-dealkylation sites (tertiary alicyclic amines) is 1. The Bertz CT molecular complexity index is 3800. The van der Waals surface area contributed by atoms with E-state index in [2.05, 4.69) is 62.8 Å². The zero-order chi connectivity index (χ0) is 69.0. The summed E-state index contributed by atoms with van der Waals surface area (Å²) < 4.78 is 0. The van der Waals surface area contributed by atoms with E-state index in [0.29, 0.717) is 50.5 Å². The van der Waals surface area contributed by atoms with Crippen molar-refractivity contribution in [2.45, 2.75) is 139 Å². The first kappa shape index (κ1) is 71.0. The number of nitrogens with one attached hydrogen (secondary N) is 11. The summed E-state index contributed by atoms with van der Waals surface area (Å²) in [6, 6.07) is 16.6. The van der Waals surface area contributed by atoms with Crippen LogP contribution in [0.3, 0.4) is 0 Å². The van der Waals surface area contributed by atoms with E-state index in [1.807, 2.05) is 6.07 Å². The minimum atomic E-state index is -1.80. The van der Waals surface area contributed by atoms with Crippen LogP contribution in [0.5, 0.6) is 5.75 Å². The molecule has 0 spiro atoms. The van der Waals surface area contributed by atoms with Gasteiger partial charge in [0.1, 0.15) is 66.7 Å². The number of aliphatic imine (C=N–C) groups is 1. The van der Waals surface area contributed by atoms with Gasteiger partial charge < -0.3 is 89.5 Å². The number of carbonyl (C=O) groups excluding carboxylic acids is 10. The van der Waals surface area contributed by atoms with Crippen LogP contribution >= 0.6 is 0 Å². The first-order chi connectivity index (χ1) is 46.0. The van der Waals surface area contributed by atoms with Gasteiger partial charge in [-0.15, -0.1) is 0 Å². The first-order valence-electron chi connectivity index (χ1n) is 31.8. The summed E-state index contributed by atoms with van der Waals surface area (Å²) >= 11 is 0. The Morgan fingerprint density at radius 1 is 0.594 bits per heavy atom. The summed E-state index contributed by atoms with van der Waals surface area (Å²) in [7, 11) is 0. The summed E-state index contributed by atoms with van der Waals surface area (Å²) in [6.45, 7) is 2.05. The highest BCUT2D eigenvalue weighted by Gasteiger charge is 2.40. The molecule has 18 N–H and O–H groups in total. The fourth-order valence-corrected chi connectivity index (χ4v) is 11.8. The zero-order valence-electron chi connectivity index (χ0n) is 53.2. The van der Waals surface area contributed by atoms with Gasteiger partial charge in [0.2, 0.25) is 59.1 Å². The Kier molecular flexibility index (Phi) is 25.0. The van der Waals surface area contributed by atoms with Gasteiger partial charge in [-0.25, -0.2) is 0 Å². The molecule has 2 fully saturated rings. The number of H-pyrrole nitrogens is 2. The van der Waals surface area contributed by atoms with E-state index in [-0.39, 0.29) is 101 Å². The molecule has 510 valence electrons. The number of aliphatic carboxylic acids is 1. The lowest BCUT2D eigenvalue weighted by Gasteiger charge is -2.30. The van der Waals surface area contributed by atoms with Crippen LogP contribution in [0.2, 0.25) is 0 Å². The molecule has 6 aromatic rings. The quantitative estimate of drug-likeness (QED) is 0.0141.